The van der Waals surface area contributed by atoms with Gasteiger partial charge in [0, 0.05) is 19.3 Å². The molecular formula is C65H120O6. The molecule has 0 rings (SSSR count). The Morgan fingerprint density at radius 2 is 0.507 bits per heavy atom. The highest BCUT2D eigenvalue weighted by atomic mass is 16.6. The van der Waals surface area contributed by atoms with Gasteiger partial charge in [-0.1, -0.05) is 282 Å². The molecule has 0 saturated carbocycles. The molecule has 6 nitrogen and oxygen atoms in total. The molecule has 0 aliphatic heterocycles. The van der Waals surface area contributed by atoms with Gasteiger partial charge in [-0.15, -0.1) is 0 Å². The van der Waals surface area contributed by atoms with E-state index in [1.165, 1.54) is 231 Å². The molecule has 0 radical (unpaired) electrons. The van der Waals surface area contributed by atoms with Crippen LogP contribution >= 0.6 is 0 Å². The molecule has 0 aromatic heterocycles. The summed E-state index contributed by atoms with van der Waals surface area (Å²) in [7, 11) is 0. The number of allylic oxidation sites excluding steroid dienone is 6. The van der Waals surface area contributed by atoms with E-state index in [1.54, 1.807) is 0 Å². The lowest BCUT2D eigenvalue weighted by Crippen LogP contribution is -2.30. The van der Waals surface area contributed by atoms with Crippen molar-refractivity contribution in [2.75, 3.05) is 13.2 Å². The average molecular weight is 998 g/mol. The summed E-state index contributed by atoms with van der Waals surface area (Å²) in [5, 5.41) is 0. The topological polar surface area (TPSA) is 78.9 Å². The first-order chi connectivity index (χ1) is 35.0. The van der Waals surface area contributed by atoms with Crippen molar-refractivity contribution >= 4 is 17.9 Å². The van der Waals surface area contributed by atoms with Crippen LogP contribution in [0.4, 0.5) is 0 Å². The van der Waals surface area contributed by atoms with Crippen LogP contribution in [0.5, 0.6) is 0 Å². The van der Waals surface area contributed by atoms with Crippen LogP contribution in [-0.4, -0.2) is 37.2 Å². The van der Waals surface area contributed by atoms with E-state index < -0.39 is 6.10 Å². The van der Waals surface area contributed by atoms with Crippen molar-refractivity contribution in [2.45, 2.75) is 348 Å². The zero-order chi connectivity index (χ0) is 51.4. The number of carbonyl (C=O) groups is 3. The molecule has 0 bridgehead atoms. The quantitative estimate of drug-likeness (QED) is 0.0261. The van der Waals surface area contributed by atoms with E-state index in [0.717, 1.165) is 70.6 Å². The van der Waals surface area contributed by atoms with Gasteiger partial charge in [0.15, 0.2) is 6.10 Å². The van der Waals surface area contributed by atoms with Crippen molar-refractivity contribution in [1.29, 1.82) is 0 Å². The van der Waals surface area contributed by atoms with Crippen molar-refractivity contribution in [2.24, 2.45) is 0 Å². The fraction of sp³-hybridized carbons (Fsp3) is 0.862. The first-order valence-corrected chi connectivity index (χ1v) is 31.5. The molecule has 0 fully saturated rings. The van der Waals surface area contributed by atoms with Gasteiger partial charge in [0.1, 0.15) is 13.2 Å². The normalized spacial score (nSPS) is 12.2. The number of esters is 3. The molecule has 416 valence electrons. The molecular weight excluding hydrogens is 877 g/mol. The van der Waals surface area contributed by atoms with Crippen molar-refractivity contribution in [3.05, 3.63) is 36.5 Å². The molecule has 0 aliphatic rings. The zero-order valence-corrected chi connectivity index (χ0v) is 47.8. The van der Waals surface area contributed by atoms with Gasteiger partial charge in [0.05, 0.1) is 0 Å². The maximum Gasteiger partial charge on any atom is 0.306 e. The molecule has 1 unspecified atom stereocenters. The van der Waals surface area contributed by atoms with E-state index in [2.05, 4.69) is 57.2 Å². The summed E-state index contributed by atoms with van der Waals surface area (Å²) in [5.74, 6) is -0.868. The SMILES string of the molecule is CCCCCCC/C=C\C/C=C\CCCCCCCCCCCCCC(=O)OC(COC(=O)CCCCCCC)COC(=O)CCCCCCCCCCCCCCC/C=C\CCCCCCCCCC. The highest BCUT2D eigenvalue weighted by Crippen LogP contribution is 2.17. The summed E-state index contributed by atoms with van der Waals surface area (Å²) in [4.78, 5) is 37.9. The van der Waals surface area contributed by atoms with Crippen molar-refractivity contribution < 1.29 is 28.6 Å². The van der Waals surface area contributed by atoms with Crippen LogP contribution in [0.3, 0.4) is 0 Å². The smallest absolute Gasteiger partial charge is 0.306 e. The number of ether oxygens (including phenoxy) is 3. The molecule has 1 atom stereocenters. The fourth-order valence-electron chi connectivity index (χ4n) is 9.35. The predicted octanol–water partition coefficient (Wildman–Crippen LogP) is 21.2. The highest BCUT2D eigenvalue weighted by molar-refractivity contribution is 5.71. The number of carbonyl (C=O) groups excluding carboxylic acids is 3. The molecule has 0 spiro atoms. The molecule has 0 saturated heterocycles. The summed E-state index contributed by atoms with van der Waals surface area (Å²) in [5.41, 5.74) is 0. The summed E-state index contributed by atoms with van der Waals surface area (Å²) >= 11 is 0. The van der Waals surface area contributed by atoms with E-state index in [0.29, 0.717) is 19.3 Å². The monoisotopic (exact) mass is 997 g/mol. The molecule has 0 aromatic carbocycles. The Labute approximate surface area is 442 Å². The van der Waals surface area contributed by atoms with E-state index in [1.807, 2.05) is 0 Å². The van der Waals surface area contributed by atoms with Gasteiger partial charge < -0.3 is 14.2 Å². The van der Waals surface area contributed by atoms with Crippen LogP contribution in [-0.2, 0) is 28.6 Å². The van der Waals surface area contributed by atoms with Gasteiger partial charge in [-0.2, -0.15) is 0 Å². The Morgan fingerprint density at radius 1 is 0.282 bits per heavy atom. The minimum Gasteiger partial charge on any atom is -0.462 e. The summed E-state index contributed by atoms with van der Waals surface area (Å²) < 4.78 is 16.8. The van der Waals surface area contributed by atoms with Gasteiger partial charge in [-0.25, -0.2) is 0 Å². The fourth-order valence-corrected chi connectivity index (χ4v) is 9.35. The first kappa shape index (κ1) is 68.6. The standard InChI is InChI=1S/C65H120O6/c1-4-7-10-13-15-17-19-21-23-25-27-29-31-32-34-35-37-39-41-43-45-47-49-52-55-58-64(67)70-61-62(60-69-63(66)57-54-51-12-9-6-3)71-65(68)59-56-53-50-48-46-44-42-40-38-36-33-30-28-26-24-22-20-18-16-14-11-8-5-2/h20,22,25-28,62H,4-19,21,23-24,29-61H2,1-3H3/b22-20-,27-25-,28-26-. The van der Waals surface area contributed by atoms with E-state index in [9.17, 15) is 14.4 Å². The first-order valence-electron chi connectivity index (χ1n) is 31.5. The Bertz CT molecular complexity index is 1190. The molecule has 0 N–H and O–H groups in total. The van der Waals surface area contributed by atoms with Crippen LogP contribution in [0.15, 0.2) is 36.5 Å². The largest absolute Gasteiger partial charge is 0.462 e. The minimum atomic E-state index is -0.768. The van der Waals surface area contributed by atoms with E-state index in [-0.39, 0.29) is 31.1 Å². The third-order valence-corrected chi connectivity index (χ3v) is 14.1. The van der Waals surface area contributed by atoms with Gasteiger partial charge in [-0.3, -0.25) is 14.4 Å². The second-order valence-electron chi connectivity index (χ2n) is 21.3. The van der Waals surface area contributed by atoms with E-state index in [4.69, 9.17) is 14.2 Å². The second kappa shape index (κ2) is 60.2. The molecule has 0 aromatic rings. The molecule has 6 heteroatoms. The lowest BCUT2D eigenvalue weighted by atomic mass is 10.0. The van der Waals surface area contributed by atoms with Crippen LogP contribution in [0, 0.1) is 0 Å². The van der Waals surface area contributed by atoms with Crippen molar-refractivity contribution in [3.8, 4) is 0 Å². The van der Waals surface area contributed by atoms with Crippen LogP contribution in [0.1, 0.15) is 342 Å². The highest BCUT2D eigenvalue weighted by Gasteiger charge is 2.19. The lowest BCUT2D eigenvalue weighted by Gasteiger charge is -2.18. The number of unbranched alkanes of at least 4 members (excludes halogenated alkanes) is 41. The van der Waals surface area contributed by atoms with Crippen LogP contribution in [0.2, 0.25) is 0 Å². The van der Waals surface area contributed by atoms with Crippen molar-refractivity contribution in [1.82, 2.24) is 0 Å². The Balaban J connectivity index is 4.01. The van der Waals surface area contributed by atoms with Crippen molar-refractivity contribution in [3.63, 3.8) is 0 Å². The van der Waals surface area contributed by atoms with Gasteiger partial charge in [0.25, 0.3) is 0 Å². The van der Waals surface area contributed by atoms with Gasteiger partial charge >= 0.3 is 17.9 Å². The van der Waals surface area contributed by atoms with E-state index >= 15 is 0 Å². The van der Waals surface area contributed by atoms with Gasteiger partial charge in [-0.05, 0) is 77.0 Å². The third kappa shape index (κ3) is 58.4. The summed E-state index contributed by atoms with van der Waals surface area (Å²) in [6, 6.07) is 0. The summed E-state index contributed by atoms with van der Waals surface area (Å²) in [6.45, 7) is 6.59. The number of hydrogen-bond donors (Lipinski definition) is 0. The van der Waals surface area contributed by atoms with Crippen LogP contribution < -0.4 is 0 Å². The molecule has 0 heterocycles. The van der Waals surface area contributed by atoms with Crippen LogP contribution in [0.25, 0.3) is 0 Å². The predicted molar refractivity (Wildman–Crippen MR) is 307 cm³/mol. The maximum absolute atomic E-state index is 12.8. The third-order valence-electron chi connectivity index (χ3n) is 14.1. The Morgan fingerprint density at radius 3 is 0.789 bits per heavy atom. The lowest BCUT2D eigenvalue weighted by molar-refractivity contribution is -0.167. The average Bonchev–Trinajstić information content (AvgIpc) is 3.37. The molecule has 0 amide bonds. The number of rotatable bonds is 58. The second-order valence-corrected chi connectivity index (χ2v) is 21.3. The Hall–Kier alpha value is -2.37. The zero-order valence-electron chi connectivity index (χ0n) is 47.8. The summed E-state index contributed by atoms with van der Waals surface area (Å²) in [6.07, 6.45) is 73.4. The maximum atomic E-state index is 12.8. The minimum absolute atomic E-state index is 0.0700. The Kier molecular flexibility index (Phi) is 58.2. The number of hydrogen-bond acceptors (Lipinski definition) is 6. The molecule has 0 aliphatic carbocycles. The molecule has 71 heavy (non-hydrogen) atoms. The van der Waals surface area contributed by atoms with Gasteiger partial charge in [0.2, 0.25) is 0 Å².